The standard InChI is InChI=1S/C13H16BrFN2O/c14-11-5-3-10(8-12(11)15)17-13(18)6-4-9-2-1-7-16-9/h3,5,8-9,16H,1-2,4,6-7H2,(H,17,18). The molecule has 1 saturated heterocycles. The first-order valence-corrected chi connectivity index (χ1v) is 6.93. The van der Waals surface area contributed by atoms with Crippen molar-refractivity contribution < 1.29 is 9.18 Å². The van der Waals surface area contributed by atoms with Crippen LogP contribution in [-0.4, -0.2) is 18.5 Å². The Kier molecular flexibility index (Phi) is 4.72. The lowest BCUT2D eigenvalue weighted by molar-refractivity contribution is -0.116. The Morgan fingerprint density at radius 3 is 3.06 bits per heavy atom. The third kappa shape index (κ3) is 3.78. The fourth-order valence-electron chi connectivity index (χ4n) is 2.11. The molecule has 2 N–H and O–H groups in total. The van der Waals surface area contributed by atoms with Crippen molar-refractivity contribution >= 4 is 27.5 Å². The first kappa shape index (κ1) is 13.5. The lowest BCUT2D eigenvalue weighted by atomic mass is 10.1. The quantitative estimate of drug-likeness (QED) is 0.896. The zero-order chi connectivity index (χ0) is 13.0. The first-order chi connectivity index (χ1) is 8.65. The molecule has 1 amide bonds. The van der Waals surface area contributed by atoms with Gasteiger partial charge in [0.25, 0.3) is 0 Å². The third-order valence-corrected chi connectivity index (χ3v) is 3.73. The molecule has 98 valence electrons. The van der Waals surface area contributed by atoms with Crippen molar-refractivity contribution in [1.29, 1.82) is 0 Å². The molecule has 1 aromatic rings. The fraction of sp³-hybridized carbons (Fsp3) is 0.462. The van der Waals surface area contributed by atoms with Gasteiger partial charge in [-0.05, 0) is 59.9 Å². The van der Waals surface area contributed by atoms with E-state index < -0.39 is 0 Å². The van der Waals surface area contributed by atoms with Gasteiger partial charge in [0.15, 0.2) is 0 Å². The van der Waals surface area contributed by atoms with E-state index in [2.05, 4.69) is 26.6 Å². The van der Waals surface area contributed by atoms with E-state index >= 15 is 0 Å². The van der Waals surface area contributed by atoms with Gasteiger partial charge < -0.3 is 10.6 Å². The summed E-state index contributed by atoms with van der Waals surface area (Å²) >= 11 is 3.08. The molecule has 0 aromatic heterocycles. The fourth-order valence-corrected chi connectivity index (χ4v) is 2.35. The summed E-state index contributed by atoms with van der Waals surface area (Å²) < 4.78 is 13.7. The van der Waals surface area contributed by atoms with E-state index in [0.717, 1.165) is 19.4 Å². The maximum absolute atomic E-state index is 13.3. The summed E-state index contributed by atoms with van der Waals surface area (Å²) in [6, 6.07) is 5.04. The molecule has 0 saturated carbocycles. The van der Waals surface area contributed by atoms with Crippen molar-refractivity contribution in [3.63, 3.8) is 0 Å². The van der Waals surface area contributed by atoms with Crippen molar-refractivity contribution in [2.75, 3.05) is 11.9 Å². The largest absolute Gasteiger partial charge is 0.326 e. The topological polar surface area (TPSA) is 41.1 Å². The van der Waals surface area contributed by atoms with Gasteiger partial charge in [-0.15, -0.1) is 0 Å². The number of hydrogen-bond donors (Lipinski definition) is 2. The molecule has 1 unspecified atom stereocenters. The number of carbonyl (C=O) groups is 1. The highest BCUT2D eigenvalue weighted by molar-refractivity contribution is 9.10. The van der Waals surface area contributed by atoms with Gasteiger partial charge in [0.1, 0.15) is 5.82 Å². The number of amides is 1. The summed E-state index contributed by atoms with van der Waals surface area (Å²) in [5.41, 5.74) is 0.500. The van der Waals surface area contributed by atoms with E-state index in [-0.39, 0.29) is 11.7 Å². The predicted molar refractivity (Wildman–Crippen MR) is 73.0 cm³/mol. The van der Waals surface area contributed by atoms with Crippen molar-refractivity contribution in [2.24, 2.45) is 0 Å². The second-order valence-corrected chi connectivity index (χ2v) is 5.36. The Morgan fingerprint density at radius 1 is 1.56 bits per heavy atom. The molecular weight excluding hydrogens is 299 g/mol. The second-order valence-electron chi connectivity index (χ2n) is 4.51. The van der Waals surface area contributed by atoms with Crippen LogP contribution in [0, 0.1) is 5.82 Å². The molecule has 0 radical (unpaired) electrons. The zero-order valence-electron chi connectivity index (χ0n) is 10.0. The number of halogens is 2. The van der Waals surface area contributed by atoms with Gasteiger partial charge >= 0.3 is 0 Å². The van der Waals surface area contributed by atoms with Crippen LogP contribution in [0.25, 0.3) is 0 Å². The van der Waals surface area contributed by atoms with Crippen LogP contribution in [0.3, 0.4) is 0 Å². The minimum absolute atomic E-state index is 0.0644. The first-order valence-electron chi connectivity index (χ1n) is 6.13. The van der Waals surface area contributed by atoms with Gasteiger partial charge in [-0.2, -0.15) is 0 Å². The van der Waals surface area contributed by atoms with Crippen LogP contribution in [-0.2, 0) is 4.79 Å². The van der Waals surface area contributed by atoms with Gasteiger partial charge in [0.2, 0.25) is 5.91 Å². The molecule has 2 rings (SSSR count). The summed E-state index contributed by atoms with van der Waals surface area (Å²) in [7, 11) is 0. The van der Waals surface area contributed by atoms with E-state index in [1.165, 1.54) is 12.5 Å². The molecule has 1 fully saturated rings. The molecule has 18 heavy (non-hydrogen) atoms. The lowest BCUT2D eigenvalue weighted by Crippen LogP contribution is -2.23. The van der Waals surface area contributed by atoms with Gasteiger partial charge in [0, 0.05) is 18.2 Å². The molecule has 3 nitrogen and oxygen atoms in total. The van der Waals surface area contributed by atoms with Gasteiger partial charge in [-0.1, -0.05) is 0 Å². The molecule has 5 heteroatoms. The SMILES string of the molecule is O=C(CCC1CCCN1)Nc1ccc(Br)c(F)c1. The van der Waals surface area contributed by atoms with Gasteiger partial charge in [-0.25, -0.2) is 4.39 Å². The third-order valence-electron chi connectivity index (χ3n) is 3.09. The molecule has 1 aliphatic heterocycles. The zero-order valence-corrected chi connectivity index (χ0v) is 11.6. The number of carbonyl (C=O) groups excluding carboxylic acids is 1. The Hall–Kier alpha value is -0.940. The number of rotatable bonds is 4. The summed E-state index contributed by atoms with van der Waals surface area (Å²) in [5.74, 6) is -0.435. The Labute approximate surface area is 114 Å². The molecule has 1 aromatic carbocycles. The summed E-state index contributed by atoms with van der Waals surface area (Å²) in [4.78, 5) is 11.7. The van der Waals surface area contributed by atoms with Crippen LogP contribution in [0.5, 0.6) is 0 Å². The molecular formula is C13H16BrFN2O. The van der Waals surface area contributed by atoms with Crippen molar-refractivity contribution in [1.82, 2.24) is 5.32 Å². The van der Waals surface area contributed by atoms with Gasteiger partial charge in [0.05, 0.1) is 4.47 Å². The summed E-state index contributed by atoms with van der Waals surface area (Å²) in [5, 5.41) is 6.05. The average molecular weight is 315 g/mol. The van der Waals surface area contributed by atoms with Crippen molar-refractivity contribution in [3.05, 3.63) is 28.5 Å². The normalized spacial score (nSPS) is 18.9. The number of hydrogen-bond acceptors (Lipinski definition) is 2. The number of benzene rings is 1. The van der Waals surface area contributed by atoms with Crippen molar-refractivity contribution in [3.8, 4) is 0 Å². The molecule has 1 heterocycles. The number of nitrogens with one attached hydrogen (secondary N) is 2. The van der Waals surface area contributed by atoms with E-state index in [0.29, 0.717) is 22.6 Å². The molecule has 0 bridgehead atoms. The summed E-state index contributed by atoms with van der Waals surface area (Å²) in [6.07, 6.45) is 3.63. The van der Waals surface area contributed by atoms with Crippen molar-refractivity contribution in [2.45, 2.75) is 31.7 Å². The maximum Gasteiger partial charge on any atom is 0.224 e. The Bertz CT molecular complexity index is 433. The van der Waals surface area contributed by atoms with E-state index in [9.17, 15) is 9.18 Å². The molecule has 0 spiro atoms. The minimum atomic E-state index is -0.370. The van der Waals surface area contributed by atoms with E-state index in [1.54, 1.807) is 12.1 Å². The monoisotopic (exact) mass is 314 g/mol. The average Bonchev–Trinajstić information content (AvgIpc) is 2.84. The number of anilines is 1. The van der Waals surface area contributed by atoms with Gasteiger partial charge in [-0.3, -0.25) is 4.79 Å². The van der Waals surface area contributed by atoms with Crippen LogP contribution in [0.1, 0.15) is 25.7 Å². The Morgan fingerprint density at radius 2 is 2.39 bits per heavy atom. The molecule has 0 aliphatic carbocycles. The predicted octanol–water partition coefficient (Wildman–Crippen LogP) is 3.06. The second kappa shape index (κ2) is 6.29. The van der Waals surface area contributed by atoms with E-state index in [4.69, 9.17) is 0 Å². The highest BCUT2D eigenvalue weighted by Crippen LogP contribution is 2.19. The minimum Gasteiger partial charge on any atom is -0.326 e. The summed E-state index contributed by atoms with van der Waals surface area (Å²) in [6.45, 7) is 1.05. The van der Waals surface area contributed by atoms with Crippen LogP contribution in [0.2, 0.25) is 0 Å². The van der Waals surface area contributed by atoms with Crippen LogP contribution < -0.4 is 10.6 Å². The van der Waals surface area contributed by atoms with Crippen LogP contribution in [0.4, 0.5) is 10.1 Å². The highest BCUT2D eigenvalue weighted by atomic mass is 79.9. The molecule has 1 aliphatic rings. The van der Waals surface area contributed by atoms with Crippen LogP contribution >= 0.6 is 15.9 Å². The molecule has 1 atom stereocenters. The Balaban J connectivity index is 1.80. The smallest absolute Gasteiger partial charge is 0.224 e. The highest BCUT2D eigenvalue weighted by Gasteiger charge is 2.15. The lowest BCUT2D eigenvalue weighted by Gasteiger charge is -2.10. The van der Waals surface area contributed by atoms with E-state index in [1.807, 2.05) is 0 Å². The van der Waals surface area contributed by atoms with Crippen LogP contribution in [0.15, 0.2) is 22.7 Å². The maximum atomic E-state index is 13.3.